The van der Waals surface area contributed by atoms with Crippen LogP contribution in [0.1, 0.15) is 13.3 Å². The van der Waals surface area contributed by atoms with Crippen LogP contribution in [0.15, 0.2) is 65.6 Å². The first kappa shape index (κ1) is 28.5. The molecular weight excluding hydrogens is 520 g/mol. The Bertz CT molecular complexity index is 1290. The van der Waals surface area contributed by atoms with Crippen molar-refractivity contribution in [2.75, 3.05) is 50.6 Å². The van der Waals surface area contributed by atoms with Gasteiger partial charge in [-0.3, -0.25) is 4.79 Å². The van der Waals surface area contributed by atoms with Crippen molar-refractivity contribution in [2.24, 2.45) is 0 Å². The molecule has 0 aliphatic rings. The molecule has 200 valence electrons. The molecule has 2 aromatic carbocycles. The lowest BCUT2D eigenvalue weighted by Gasteiger charge is -2.15. The molecule has 12 heteroatoms. The van der Waals surface area contributed by atoms with Crippen molar-refractivity contribution in [1.82, 2.24) is 14.5 Å². The number of hydrogen-bond acceptors (Lipinski definition) is 8. The minimum Gasteiger partial charge on any atom is -0.494 e. The zero-order valence-corrected chi connectivity index (χ0v) is 22.1. The zero-order valence-electron chi connectivity index (χ0n) is 20.6. The molecule has 0 unspecified atom stereocenters. The van der Waals surface area contributed by atoms with Crippen molar-refractivity contribution < 1.29 is 22.6 Å². The summed E-state index contributed by atoms with van der Waals surface area (Å²) in [5.41, 5.74) is 0.348. The summed E-state index contributed by atoms with van der Waals surface area (Å²) in [4.78, 5) is 13.1. The Labute approximate surface area is 221 Å². The molecule has 1 heterocycles. The van der Waals surface area contributed by atoms with Gasteiger partial charge < -0.3 is 19.5 Å². The Hall–Kier alpha value is -3.12. The van der Waals surface area contributed by atoms with Crippen LogP contribution in [0.25, 0.3) is 5.69 Å². The molecule has 10 nitrogen and oxygen atoms in total. The SMILES string of the molecule is CCOCCOc1c(NCCNS(=O)(=O)CCCOc2ccccc2)cnn(-c2cccc(Cl)c2)c1=O. The summed E-state index contributed by atoms with van der Waals surface area (Å²) in [5.74, 6) is 0.681. The maximum absolute atomic E-state index is 13.1. The lowest BCUT2D eigenvalue weighted by Crippen LogP contribution is -2.32. The summed E-state index contributed by atoms with van der Waals surface area (Å²) in [6.45, 7) is 3.47. The molecule has 3 rings (SSSR count). The van der Waals surface area contributed by atoms with Crippen molar-refractivity contribution in [2.45, 2.75) is 13.3 Å². The molecule has 0 saturated heterocycles. The molecule has 3 aromatic rings. The molecule has 0 aliphatic carbocycles. The number of hydrogen-bond donors (Lipinski definition) is 2. The first-order valence-electron chi connectivity index (χ1n) is 11.9. The predicted molar refractivity (Wildman–Crippen MR) is 144 cm³/mol. The van der Waals surface area contributed by atoms with Gasteiger partial charge in [-0.2, -0.15) is 9.78 Å². The van der Waals surface area contributed by atoms with Gasteiger partial charge in [-0.25, -0.2) is 13.1 Å². The van der Waals surface area contributed by atoms with Crippen LogP contribution in [0.4, 0.5) is 5.69 Å². The first-order chi connectivity index (χ1) is 17.9. The molecule has 0 amide bonds. The molecule has 0 aliphatic heterocycles. The van der Waals surface area contributed by atoms with Crippen LogP contribution in [-0.4, -0.2) is 63.5 Å². The highest BCUT2D eigenvalue weighted by Crippen LogP contribution is 2.20. The quantitative estimate of drug-likeness (QED) is 0.261. The van der Waals surface area contributed by atoms with Crippen molar-refractivity contribution in [3.8, 4) is 17.2 Å². The van der Waals surface area contributed by atoms with Gasteiger partial charge in [-0.1, -0.05) is 35.9 Å². The number of nitrogens with zero attached hydrogens (tertiary/aromatic N) is 2. The van der Waals surface area contributed by atoms with Crippen molar-refractivity contribution >= 4 is 27.3 Å². The Morgan fingerprint density at radius 1 is 1.00 bits per heavy atom. The lowest BCUT2D eigenvalue weighted by molar-refractivity contribution is 0.109. The Morgan fingerprint density at radius 3 is 2.57 bits per heavy atom. The molecule has 0 saturated carbocycles. The van der Waals surface area contributed by atoms with Gasteiger partial charge in [-0.05, 0) is 43.7 Å². The summed E-state index contributed by atoms with van der Waals surface area (Å²) in [6.07, 6.45) is 1.80. The van der Waals surface area contributed by atoms with Crippen molar-refractivity contribution in [3.05, 3.63) is 76.2 Å². The molecule has 0 bridgehead atoms. The Morgan fingerprint density at radius 2 is 1.81 bits per heavy atom. The molecule has 0 spiro atoms. The van der Waals surface area contributed by atoms with Crippen LogP contribution in [-0.2, 0) is 14.8 Å². The Balaban J connectivity index is 1.56. The first-order valence-corrected chi connectivity index (χ1v) is 13.9. The molecule has 0 fully saturated rings. The van der Waals surface area contributed by atoms with Gasteiger partial charge in [0.2, 0.25) is 15.8 Å². The summed E-state index contributed by atoms with van der Waals surface area (Å²) >= 11 is 6.06. The minimum atomic E-state index is -3.49. The van der Waals surface area contributed by atoms with Crippen LogP contribution in [0.2, 0.25) is 5.02 Å². The van der Waals surface area contributed by atoms with Crippen molar-refractivity contribution in [1.29, 1.82) is 0 Å². The number of sulfonamides is 1. The average Bonchev–Trinajstić information content (AvgIpc) is 2.89. The zero-order chi connectivity index (χ0) is 26.5. The maximum Gasteiger partial charge on any atom is 0.315 e. The average molecular weight is 551 g/mol. The number of rotatable bonds is 16. The minimum absolute atomic E-state index is 0.0515. The van der Waals surface area contributed by atoms with Gasteiger partial charge >= 0.3 is 5.56 Å². The van der Waals surface area contributed by atoms with E-state index in [1.807, 2.05) is 37.3 Å². The molecule has 0 radical (unpaired) electrons. The molecule has 1 aromatic heterocycles. The van der Waals surface area contributed by atoms with Gasteiger partial charge in [0, 0.05) is 24.7 Å². The third kappa shape index (κ3) is 9.36. The highest BCUT2D eigenvalue weighted by molar-refractivity contribution is 7.89. The standard InChI is InChI=1S/C25H31ClN4O6S/c1-2-34-15-16-36-24-23(19-28-30(25(24)31)21-9-6-8-20(26)18-21)27-12-13-29-37(32,33)17-7-14-35-22-10-4-3-5-11-22/h3-6,8-11,18-19,27,29H,2,7,12-17H2,1H3. The van der Waals surface area contributed by atoms with E-state index in [2.05, 4.69) is 15.1 Å². The predicted octanol–water partition coefficient (Wildman–Crippen LogP) is 3.10. The van der Waals surface area contributed by atoms with E-state index in [4.69, 9.17) is 25.8 Å². The second-order valence-electron chi connectivity index (χ2n) is 7.78. The largest absolute Gasteiger partial charge is 0.494 e. The van der Waals surface area contributed by atoms with Gasteiger partial charge in [0.05, 0.1) is 30.9 Å². The third-order valence-electron chi connectivity index (χ3n) is 5.00. The van der Waals surface area contributed by atoms with E-state index in [0.717, 1.165) is 0 Å². The smallest absolute Gasteiger partial charge is 0.315 e. The molecule has 37 heavy (non-hydrogen) atoms. The van der Waals surface area contributed by atoms with Crippen LogP contribution in [0, 0.1) is 0 Å². The van der Waals surface area contributed by atoms with Gasteiger partial charge in [0.25, 0.3) is 0 Å². The fraction of sp³-hybridized carbons (Fsp3) is 0.360. The van der Waals surface area contributed by atoms with Gasteiger partial charge in [-0.15, -0.1) is 0 Å². The fourth-order valence-corrected chi connectivity index (χ4v) is 4.51. The topological polar surface area (TPSA) is 121 Å². The van der Waals surface area contributed by atoms with E-state index in [9.17, 15) is 13.2 Å². The second-order valence-corrected chi connectivity index (χ2v) is 10.1. The van der Waals surface area contributed by atoms with Crippen LogP contribution >= 0.6 is 11.6 Å². The van der Waals surface area contributed by atoms with Gasteiger partial charge in [0.1, 0.15) is 18.0 Å². The lowest BCUT2D eigenvalue weighted by atomic mass is 10.3. The van der Waals surface area contributed by atoms with Crippen LogP contribution < -0.4 is 25.1 Å². The summed E-state index contributed by atoms with van der Waals surface area (Å²) in [6, 6.07) is 16.0. The summed E-state index contributed by atoms with van der Waals surface area (Å²) in [5, 5.41) is 7.71. The molecular formula is C25H31ClN4O6S. The normalized spacial score (nSPS) is 11.3. The van der Waals surface area contributed by atoms with E-state index < -0.39 is 15.6 Å². The second kappa shape index (κ2) is 14.6. The number of nitrogens with one attached hydrogen (secondary N) is 2. The van der Waals surface area contributed by atoms with E-state index in [0.29, 0.717) is 48.4 Å². The highest BCUT2D eigenvalue weighted by Gasteiger charge is 2.15. The summed E-state index contributed by atoms with van der Waals surface area (Å²) in [7, 11) is -3.49. The summed E-state index contributed by atoms with van der Waals surface area (Å²) < 4.78 is 44.9. The number of para-hydroxylation sites is 1. The Kier molecular flexibility index (Phi) is 11.2. The van der Waals surface area contributed by atoms with E-state index in [-0.39, 0.29) is 31.2 Å². The molecule has 2 N–H and O–H groups in total. The van der Waals surface area contributed by atoms with Crippen LogP contribution in [0.5, 0.6) is 11.5 Å². The third-order valence-corrected chi connectivity index (χ3v) is 6.70. The monoisotopic (exact) mass is 550 g/mol. The van der Waals surface area contributed by atoms with Crippen molar-refractivity contribution in [3.63, 3.8) is 0 Å². The number of aromatic nitrogens is 2. The fourth-order valence-electron chi connectivity index (χ4n) is 3.27. The number of anilines is 1. The van der Waals surface area contributed by atoms with E-state index >= 15 is 0 Å². The highest BCUT2D eigenvalue weighted by atomic mass is 35.5. The van der Waals surface area contributed by atoms with E-state index in [1.165, 1.54) is 10.9 Å². The maximum atomic E-state index is 13.1. The number of halogens is 1. The molecule has 0 atom stereocenters. The number of benzene rings is 2. The van der Waals surface area contributed by atoms with Crippen LogP contribution in [0.3, 0.4) is 0 Å². The van der Waals surface area contributed by atoms with Gasteiger partial charge in [0.15, 0.2) is 0 Å². The number of ether oxygens (including phenoxy) is 3. The van der Waals surface area contributed by atoms with E-state index in [1.54, 1.807) is 24.3 Å².